The summed E-state index contributed by atoms with van der Waals surface area (Å²) >= 11 is 0. The van der Waals surface area contributed by atoms with Crippen LogP contribution >= 0.6 is 0 Å². The molecule has 3 rings (SSSR count). The van der Waals surface area contributed by atoms with Crippen molar-refractivity contribution in [1.29, 1.82) is 0 Å². The van der Waals surface area contributed by atoms with Crippen LogP contribution in [0.25, 0.3) is 11.5 Å². The molecule has 114 valence electrons. The number of furan rings is 1. The van der Waals surface area contributed by atoms with Crippen molar-refractivity contribution in [2.24, 2.45) is 0 Å². The van der Waals surface area contributed by atoms with Gasteiger partial charge in [-0.15, -0.1) is 0 Å². The average molecular weight is 299 g/mol. The third-order valence-electron chi connectivity index (χ3n) is 3.27. The van der Waals surface area contributed by atoms with Gasteiger partial charge in [0.25, 0.3) is 5.91 Å². The van der Waals surface area contributed by atoms with Crippen LogP contribution in [0, 0.1) is 0 Å². The summed E-state index contributed by atoms with van der Waals surface area (Å²) in [7, 11) is 0. The molecule has 22 heavy (non-hydrogen) atoms. The van der Waals surface area contributed by atoms with Crippen LogP contribution in [0.5, 0.6) is 0 Å². The Morgan fingerprint density at radius 3 is 3.18 bits per heavy atom. The molecule has 0 bridgehead atoms. The molecule has 0 radical (unpaired) electrons. The highest BCUT2D eigenvalue weighted by atomic mass is 16.3. The van der Waals surface area contributed by atoms with E-state index >= 15 is 0 Å². The zero-order valence-corrected chi connectivity index (χ0v) is 12.2. The fourth-order valence-electron chi connectivity index (χ4n) is 2.20. The first-order valence-electron chi connectivity index (χ1n) is 7.15. The number of carbonyl (C=O) groups is 1. The molecule has 0 atom stereocenters. The number of amides is 1. The third kappa shape index (κ3) is 2.93. The Balaban J connectivity index is 1.64. The molecule has 3 aromatic rings. The molecule has 3 heterocycles. The lowest BCUT2D eigenvalue weighted by atomic mass is 10.3. The van der Waals surface area contributed by atoms with Crippen molar-refractivity contribution in [1.82, 2.24) is 25.1 Å². The molecular weight excluding hydrogens is 282 g/mol. The third-order valence-corrected chi connectivity index (χ3v) is 3.27. The number of hydrogen-bond acceptors (Lipinski definition) is 4. The smallest absolute Gasteiger partial charge is 0.272 e. The van der Waals surface area contributed by atoms with Gasteiger partial charge in [-0.25, -0.2) is 4.98 Å². The van der Waals surface area contributed by atoms with Gasteiger partial charge in [-0.2, -0.15) is 5.10 Å². The number of nitrogens with one attached hydrogen (secondary N) is 2. The summed E-state index contributed by atoms with van der Waals surface area (Å²) in [6.07, 6.45) is 6.24. The van der Waals surface area contributed by atoms with Crippen LogP contribution in [0.3, 0.4) is 0 Å². The summed E-state index contributed by atoms with van der Waals surface area (Å²) in [5, 5.41) is 9.62. The number of H-pyrrole nitrogens is 1. The van der Waals surface area contributed by atoms with E-state index in [9.17, 15) is 4.79 Å². The Morgan fingerprint density at radius 1 is 1.50 bits per heavy atom. The quantitative estimate of drug-likeness (QED) is 0.730. The number of nitrogens with zero attached hydrogens (tertiary/aromatic N) is 3. The number of rotatable bonds is 6. The Bertz CT molecular complexity index is 742. The first kappa shape index (κ1) is 14.1. The summed E-state index contributed by atoms with van der Waals surface area (Å²) in [6.45, 7) is 3.35. The minimum Gasteiger partial charge on any atom is -0.463 e. The minimum atomic E-state index is -0.250. The largest absolute Gasteiger partial charge is 0.463 e. The molecule has 0 aliphatic rings. The Labute approximate surface area is 127 Å². The van der Waals surface area contributed by atoms with Crippen LogP contribution in [0.15, 0.2) is 41.3 Å². The average Bonchev–Trinajstić information content (AvgIpc) is 3.25. The highest BCUT2D eigenvalue weighted by molar-refractivity contribution is 5.93. The van der Waals surface area contributed by atoms with Crippen LogP contribution in [-0.2, 0) is 13.1 Å². The SMILES string of the molecule is CCCn1ccnc1CNC(=O)c1cc(-c2ccco2)[nH]n1. The van der Waals surface area contributed by atoms with Gasteiger partial charge in [-0.3, -0.25) is 9.89 Å². The van der Waals surface area contributed by atoms with Crippen molar-refractivity contribution < 1.29 is 9.21 Å². The normalized spacial score (nSPS) is 10.8. The summed E-state index contributed by atoms with van der Waals surface area (Å²) in [5.74, 6) is 1.22. The van der Waals surface area contributed by atoms with Crippen LogP contribution in [0.2, 0.25) is 0 Å². The summed E-state index contributed by atoms with van der Waals surface area (Å²) in [4.78, 5) is 16.4. The van der Waals surface area contributed by atoms with Gasteiger partial charge in [0.15, 0.2) is 11.5 Å². The second kappa shape index (κ2) is 6.30. The van der Waals surface area contributed by atoms with E-state index in [-0.39, 0.29) is 5.91 Å². The molecule has 0 saturated carbocycles. The standard InChI is InChI=1S/C15H17N5O2/c1-2-6-20-7-5-16-14(20)10-17-15(21)12-9-11(18-19-12)13-4-3-8-22-13/h3-5,7-9H,2,6,10H2,1H3,(H,17,21)(H,18,19). The molecular formula is C15H17N5O2. The first-order valence-corrected chi connectivity index (χ1v) is 7.15. The van der Waals surface area contributed by atoms with Crippen LogP contribution in [0.4, 0.5) is 0 Å². The number of aromatic amines is 1. The molecule has 0 spiro atoms. The topological polar surface area (TPSA) is 88.7 Å². The molecule has 0 aromatic carbocycles. The molecule has 0 saturated heterocycles. The monoisotopic (exact) mass is 299 g/mol. The maximum Gasteiger partial charge on any atom is 0.272 e. The van der Waals surface area contributed by atoms with Crippen LogP contribution in [0.1, 0.15) is 29.7 Å². The summed E-state index contributed by atoms with van der Waals surface area (Å²) < 4.78 is 7.28. The second-order valence-electron chi connectivity index (χ2n) is 4.86. The fourth-order valence-corrected chi connectivity index (χ4v) is 2.20. The second-order valence-corrected chi connectivity index (χ2v) is 4.86. The molecule has 7 heteroatoms. The molecule has 1 amide bonds. The van der Waals surface area contributed by atoms with Gasteiger partial charge in [0.05, 0.1) is 12.8 Å². The van der Waals surface area contributed by atoms with Gasteiger partial charge in [0.2, 0.25) is 0 Å². The van der Waals surface area contributed by atoms with E-state index in [1.807, 2.05) is 10.8 Å². The number of aromatic nitrogens is 4. The van der Waals surface area contributed by atoms with Gasteiger partial charge in [0.1, 0.15) is 11.5 Å². The Morgan fingerprint density at radius 2 is 2.41 bits per heavy atom. The van der Waals surface area contributed by atoms with E-state index in [2.05, 4.69) is 27.4 Å². The van der Waals surface area contributed by atoms with Gasteiger partial charge in [-0.05, 0) is 18.6 Å². The molecule has 7 nitrogen and oxygen atoms in total. The summed E-state index contributed by atoms with van der Waals surface area (Å²) in [6, 6.07) is 5.24. The molecule has 0 fully saturated rings. The highest BCUT2D eigenvalue weighted by Gasteiger charge is 2.13. The van der Waals surface area contributed by atoms with Gasteiger partial charge < -0.3 is 14.3 Å². The predicted octanol–water partition coefficient (Wildman–Crippen LogP) is 2.21. The lowest BCUT2D eigenvalue weighted by Crippen LogP contribution is -2.25. The first-order chi connectivity index (χ1) is 10.8. The molecule has 2 N–H and O–H groups in total. The van der Waals surface area contributed by atoms with E-state index < -0.39 is 0 Å². The number of aryl methyl sites for hydroxylation is 1. The molecule has 0 unspecified atom stereocenters. The minimum absolute atomic E-state index is 0.250. The van der Waals surface area contributed by atoms with Gasteiger partial charge in [0, 0.05) is 25.0 Å². The van der Waals surface area contributed by atoms with E-state index in [4.69, 9.17) is 4.42 Å². The molecule has 0 aliphatic heterocycles. The lowest BCUT2D eigenvalue weighted by molar-refractivity contribution is 0.0944. The number of imidazole rings is 1. The van der Waals surface area contributed by atoms with E-state index in [0.717, 1.165) is 18.8 Å². The number of hydrogen-bond donors (Lipinski definition) is 2. The van der Waals surface area contributed by atoms with Crippen LogP contribution in [-0.4, -0.2) is 25.7 Å². The number of carbonyl (C=O) groups excluding carboxylic acids is 1. The van der Waals surface area contributed by atoms with Crippen LogP contribution < -0.4 is 5.32 Å². The van der Waals surface area contributed by atoms with Crippen molar-refractivity contribution in [3.8, 4) is 11.5 Å². The predicted molar refractivity (Wildman–Crippen MR) is 80.0 cm³/mol. The zero-order valence-electron chi connectivity index (χ0n) is 12.2. The van der Waals surface area contributed by atoms with E-state index in [1.165, 1.54) is 0 Å². The highest BCUT2D eigenvalue weighted by Crippen LogP contribution is 2.17. The van der Waals surface area contributed by atoms with Crippen molar-refractivity contribution in [3.05, 3.63) is 48.4 Å². The van der Waals surface area contributed by atoms with E-state index in [1.54, 1.807) is 30.7 Å². The van der Waals surface area contributed by atoms with Crippen molar-refractivity contribution in [3.63, 3.8) is 0 Å². The summed E-state index contributed by atoms with van der Waals surface area (Å²) in [5.41, 5.74) is 0.989. The zero-order chi connectivity index (χ0) is 15.4. The fraction of sp³-hybridized carbons (Fsp3) is 0.267. The molecule has 0 aliphatic carbocycles. The Hall–Kier alpha value is -2.83. The maximum absolute atomic E-state index is 12.1. The van der Waals surface area contributed by atoms with Crippen molar-refractivity contribution in [2.75, 3.05) is 0 Å². The molecule has 3 aromatic heterocycles. The van der Waals surface area contributed by atoms with Crippen molar-refractivity contribution >= 4 is 5.91 Å². The maximum atomic E-state index is 12.1. The van der Waals surface area contributed by atoms with Gasteiger partial charge in [-0.1, -0.05) is 6.92 Å². The van der Waals surface area contributed by atoms with Gasteiger partial charge >= 0.3 is 0 Å². The van der Waals surface area contributed by atoms with Crippen molar-refractivity contribution in [2.45, 2.75) is 26.4 Å². The lowest BCUT2D eigenvalue weighted by Gasteiger charge is -2.06. The Kier molecular flexibility index (Phi) is 4.04. The van der Waals surface area contributed by atoms with E-state index in [0.29, 0.717) is 23.7 Å².